The molecule has 0 bridgehead atoms. The summed E-state index contributed by atoms with van der Waals surface area (Å²) in [6, 6.07) is 19.4. The highest BCUT2D eigenvalue weighted by atomic mass is 16.5. The van der Waals surface area contributed by atoms with E-state index in [1.807, 2.05) is 0 Å². The van der Waals surface area contributed by atoms with Crippen LogP contribution < -0.4 is 4.74 Å². The Morgan fingerprint density at radius 3 is 2.45 bits per heavy atom. The Labute approximate surface area is 185 Å². The Bertz CT molecular complexity index is 1130. The molecule has 4 heteroatoms. The van der Waals surface area contributed by atoms with Crippen LogP contribution in [0.15, 0.2) is 54.6 Å². The van der Waals surface area contributed by atoms with Gasteiger partial charge in [0.2, 0.25) is 0 Å². The van der Waals surface area contributed by atoms with Crippen molar-refractivity contribution in [2.45, 2.75) is 39.0 Å². The number of unbranched alkanes of at least 4 members (excludes halogenated alkanes) is 2. The summed E-state index contributed by atoms with van der Waals surface area (Å²) < 4.78 is 5.87. The summed E-state index contributed by atoms with van der Waals surface area (Å²) in [6.07, 6.45) is 5.78. The average Bonchev–Trinajstić information content (AvgIpc) is 3.14. The van der Waals surface area contributed by atoms with E-state index in [-0.39, 0.29) is 0 Å². The fraction of sp³-hybridized carbons (Fsp3) is 0.370. The number of aryl methyl sites for hydroxylation is 1. The molecule has 0 unspecified atom stereocenters. The molecule has 2 heterocycles. The van der Waals surface area contributed by atoms with Gasteiger partial charge in [0.05, 0.1) is 6.61 Å². The smallest absolute Gasteiger partial charge is 0.138 e. The van der Waals surface area contributed by atoms with Crippen LogP contribution in [0, 0.1) is 0 Å². The maximum Gasteiger partial charge on any atom is 0.138 e. The van der Waals surface area contributed by atoms with Crippen molar-refractivity contribution in [1.29, 1.82) is 0 Å². The lowest BCUT2D eigenvalue weighted by Gasteiger charge is -2.11. The molecule has 0 aliphatic rings. The molecule has 4 aromatic rings. The van der Waals surface area contributed by atoms with Gasteiger partial charge in [0, 0.05) is 28.5 Å². The summed E-state index contributed by atoms with van der Waals surface area (Å²) in [5.41, 5.74) is 5.70. The normalized spacial score (nSPS) is 11.6. The second-order valence-electron chi connectivity index (χ2n) is 8.57. The molecule has 0 fully saturated rings. The molecule has 0 spiro atoms. The molecule has 0 radical (unpaired) electrons. The first kappa shape index (κ1) is 21.4. The molecule has 2 aromatic heterocycles. The van der Waals surface area contributed by atoms with Gasteiger partial charge in [0.15, 0.2) is 0 Å². The number of rotatable bonds is 10. The number of fused-ring (bicyclic) bond motifs is 3. The fourth-order valence-electron chi connectivity index (χ4n) is 4.01. The minimum Gasteiger partial charge on any atom is -0.494 e. The topological polar surface area (TPSA) is 41.1 Å². The number of aromatic amines is 1. The summed E-state index contributed by atoms with van der Waals surface area (Å²) in [6.45, 7) is 4.02. The zero-order valence-electron chi connectivity index (χ0n) is 18.9. The maximum atomic E-state index is 5.87. The lowest BCUT2D eigenvalue weighted by Crippen LogP contribution is -2.15. The van der Waals surface area contributed by atoms with Gasteiger partial charge in [0.25, 0.3) is 0 Å². The van der Waals surface area contributed by atoms with Crippen LogP contribution in [0.2, 0.25) is 0 Å². The Kier molecular flexibility index (Phi) is 6.88. The summed E-state index contributed by atoms with van der Waals surface area (Å²) >= 11 is 0. The van der Waals surface area contributed by atoms with Gasteiger partial charge in [-0.1, -0.05) is 38.0 Å². The molecule has 0 saturated carbocycles. The number of benzene rings is 2. The van der Waals surface area contributed by atoms with Gasteiger partial charge in [-0.2, -0.15) is 0 Å². The van der Waals surface area contributed by atoms with Crippen LogP contribution in [0.1, 0.15) is 38.3 Å². The molecule has 31 heavy (non-hydrogen) atoms. The maximum absolute atomic E-state index is 5.87. The summed E-state index contributed by atoms with van der Waals surface area (Å²) in [5, 5.41) is 2.42. The number of H-pyrrole nitrogens is 1. The minimum absolute atomic E-state index is 0.742. The number of pyridine rings is 1. The third kappa shape index (κ3) is 5.26. The predicted molar refractivity (Wildman–Crippen MR) is 131 cm³/mol. The summed E-state index contributed by atoms with van der Waals surface area (Å²) in [7, 11) is 4.17. The van der Waals surface area contributed by atoms with Crippen LogP contribution in [-0.2, 0) is 6.42 Å². The molecular weight excluding hydrogens is 382 g/mol. The van der Waals surface area contributed by atoms with E-state index in [9.17, 15) is 0 Å². The lowest BCUT2D eigenvalue weighted by molar-refractivity contribution is 0.281. The highest BCUT2D eigenvalue weighted by Gasteiger charge is 2.09. The van der Waals surface area contributed by atoms with Crippen molar-refractivity contribution in [1.82, 2.24) is 14.9 Å². The molecule has 4 rings (SSSR count). The monoisotopic (exact) mass is 415 g/mol. The SMILES string of the molecule is CCCCCc1ccc2c(n1)[nH]c1ccc(-c3ccc(OCCCN(C)C)cc3)cc12. The third-order valence-electron chi connectivity index (χ3n) is 5.76. The van der Waals surface area contributed by atoms with E-state index in [0.29, 0.717) is 0 Å². The van der Waals surface area contributed by atoms with Gasteiger partial charge < -0.3 is 14.6 Å². The van der Waals surface area contributed by atoms with Crippen LogP contribution in [-0.4, -0.2) is 42.1 Å². The number of hydrogen-bond acceptors (Lipinski definition) is 3. The van der Waals surface area contributed by atoms with Crippen molar-refractivity contribution in [3.8, 4) is 16.9 Å². The number of nitrogens with one attached hydrogen (secondary N) is 1. The third-order valence-corrected chi connectivity index (χ3v) is 5.76. The van der Waals surface area contributed by atoms with Crippen LogP contribution in [0.3, 0.4) is 0 Å². The Morgan fingerprint density at radius 2 is 1.68 bits per heavy atom. The second kappa shape index (κ2) is 9.97. The molecule has 0 amide bonds. The predicted octanol–water partition coefficient (Wildman–Crippen LogP) is 6.45. The molecule has 0 aliphatic carbocycles. The van der Waals surface area contributed by atoms with E-state index in [4.69, 9.17) is 9.72 Å². The van der Waals surface area contributed by atoms with Gasteiger partial charge in [0.1, 0.15) is 11.4 Å². The largest absolute Gasteiger partial charge is 0.494 e. The molecule has 1 N–H and O–H groups in total. The van der Waals surface area contributed by atoms with E-state index in [1.165, 1.54) is 46.9 Å². The molecule has 0 atom stereocenters. The number of nitrogens with zero attached hydrogens (tertiary/aromatic N) is 2. The fourth-order valence-corrected chi connectivity index (χ4v) is 4.01. The van der Waals surface area contributed by atoms with Crippen LogP contribution >= 0.6 is 0 Å². The van der Waals surface area contributed by atoms with Crippen molar-refractivity contribution in [2.75, 3.05) is 27.2 Å². The number of hydrogen-bond donors (Lipinski definition) is 1. The van der Waals surface area contributed by atoms with E-state index < -0.39 is 0 Å². The highest BCUT2D eigenvalue weighted by Crippen LogP contribution is 2.30. The second-order valence-corrected chi connectivity index (χ2v) is 8.57. The van der Waals surface area contributed by atoms with Gasteiger partial charge >= 0.3 is 0 Å². The summed E-state index contributed by atoms with van der Waals surface area (Å²) in [5.74, 6) is 0.926. The van der Waals surface area contributed by atoms with Crippen molar-refractivity contribution in [3.05, 3.63) is 60.3 Å². The molecule has 0 aliphatic heterocycles. The van der Waals surface area contributed by atoms with E-state index in [0.717, 1.165) is 42.9 Å². The first-order valence-electron chi connectivity index (χ1n) is 11.4. The molecular formula is C27H33N3O. The van der Waals surface area contributed by atoms with Gasteiger partial charge in [-0.05, 0) is 80.9 Å². The van der Waals surface area contributed by atoms with Crippen LogP contribution in [0.25, 0.3) is 33.1 Å². The van der Waals surface area contributed by atoms with Crippen LogP contribution in [0.4, 0.5) is 0 Å². The molecule has 162 valence electrons. The van der Waals surface area contributed by atoms with Crippen LogP contribution in [0.5, 0.6) is 5.75 Å². The van der Waals surface area contributed by atoms with Crippen molar-refractivity contribution >= 4 is 21.9 Å². The molecule has 4 nitrogen and oxygen atoms in total. The quantitative estimate of drug-likeness (QED) is 0.303. The average molecular weight is 416 g/mol. The number of aromatic nitrogens is 2. The van der Waals surface area contributed by atoms with Gasteiger partial charge in [-0.15, -0.1) is 0 Å². The van der Waals surface area contributed by atoms with Gasteiger partial charge in [-0.25, -0.2) is 4.98 Å². The van der Waals surface area contributed by atoms with Gasteiger partial charge in [-0.3, -0.25) is 0 Å². The Balaban J connectivity index is 1.51. The highest BCUT2D eigenvalue weighted by molar-refractivity contribution is 6.07. The first-order chi connectivity index (χ1) is 15.1. The zero-order chi connectivity index (χ0) is 21.6. The van der Waals surface area contributed by atoms with E-state index in [1.54, 1.807) is 0 Å². The zero-order valence-corrected chi connectivity index (χ0v) is 18.9. The lowest BCUT2D eigenvalue weighted by atomic mass is 10.0. The number of ether oxygens (including phenoxy) is 1. The first-order valence-corrected chi connectivity index (χ1v) is 11.4. The Morgan fingerprint density at radius 1 is 0.871 bits per heavy atom. The van der Waals surface area contributed by atoms with E-state index in [2.05, 4.69) is 85.5 Å². The molecule has 0 saturated heterocycles. The molecule has 2 aromatic carbocycles. The Hall–Kier alpha value is -2.85. The standard InChI is InChI=1S/C27H33N3O/c1-4-5-6-8-22-12-15-24-25-19-21(11-16-26(25)29-27(24)28-22)20-9-13-23(14-10-20)31-18-7-17-30(2)3/h9-16,19H,4-8,17-18H2,1-3H3,(H,28,29). The summed E-state index contributed by atoms with van der Waals surface area (Å²) in [4.78, 5) is 10.5. The van der Waals surface area contributed by atoms with E-state index >= 15 is 0 Å². The minimum atomic E-state index is 0.742. The van der Waals surface area contributed by atoms with Crippen molar-refractivity contribution in [2.24, 2.45) is 0 Å². The van der Waals surface area contributed by atoms with Crippen molar-refractivity contribution in [3.63, 3.8) is 0 Å². The van der Waals surface area contributed by atoms with Crippen molar-refractivity contribution < 1.29 is 4.74 Å².